The highest BCUT2D eigenvalue weighted by Gasteiger charge is 2.21. The lowest BCUT2D eigenvalue weighted by Crippen LogP contribution is -2.20. The molecule has 0 spiro atoms. The molecule has 1 unspecified atom stereocenters. The summed E-state index contributed by atoms with van der Waals surface area (Å²) in [6.45, 7) is 0.665. The number of carbonyl (C=O) groups excluding carboxylic acids is 1. The first-order chi connectivity index (χ1) is 9.08. The highest BCUT2D eigenvalue weighted by molar-refractivity contribution is 5.96. The maximum Gasteiger partial charge on any atom is 0.168 e. The van der Waals surface area contributed by atoms with Gasteiger partial charge >= 0.3 is 0 Å². The van der Waals surface area contributed by atoms with E-state index in [1.54, 1.807) is 0 Å². The van der Waals surface area contributed by atoms with Gasteiger partial charge in [0.25, 0.3) is 0 Å². The van der Waals surface area contributed by atoms with Crippen LogP contribution in [0.4, 0.5) is 13.2 Å². The smallest absolute Gasteiger partial charge is 0.168 e. The predicted molar refractivity (Wildman–Crippen MR) is 63.5 cm³/mol. The van der Waals surface area contributed by atoms with Crippen LogP contribution in [-0.4, -0.2) is 18.5 Å². The Kier molecular flexibility index (Phi) is 4.58. The van der Waals surface area contributed by atoms with Gasteiger partial charge in [0, 0.05) is 25.2 Å². The van der Waals surface area contributed by atoms with E-state index in [-0.39, 0.29) is 12.5 Å². The van der Waals surface area contributed by atoms with Crippen LogP contribution >= 0.6 is 0 Å². The van der Waals surface area contributed by atoms with Gasteiger partial charge in [-0.2, -0.15) is 0 Å². The molecule has 0 radical (unpaired) electrons. The summed E-state index contributed by atoms with van der Waals surface area (Å²) >= 11 is 0. The minimum absolute atomic E-state index is 0.00411. The Morgan fingerprint density at radius 1 is 1.21 bits per heavy atom. The first kappa shape index (κ1) is 14.1. The third-order valence-electron chi connectivity index (χ3n) is 3.25. The second-order valence-electron chi connectivity index (χ2n) is 4.69. The molecule has 0 bridgehead atoms. The molecule has 0 saturated carbocycles. The van der Waals surface area contributed by atoms with E-state index in [1.165, 1.54) is 0 Å². The predicted octanol–water partition coefficient (Wildman–Crippen LogP) is 3.64. The monoisotopic (exact) mass is 272 g/mol. The molecular formula is C14H15F3O2. The first-order valence-corrected chi connectivity index (χ1v) is 6.37. The van der Waals surface area contributed by atoms with Crippen LogP contribution in [0.25, 0.3) is 0 Å². The van der Waals surface area contributed by atoms with Gasteiger partial charge in [0.15, 0.2) is 5.78 Å². The van der Waals surface area contributed by atoms with Crippen molar-refractivity contribution in [3.05, 3.63) is 35.1 Å². The standard InChI is InChI=1S/C14H15F3O2/c15-9-7-11(16)14(12(17)8-9)13(18)5-4-10-3-1-2-6-19-10/h7-8,10H,1-6H2. The second-order valence-corrected chi connectivity index (χ2v) is 4.69. The van der Waals surface area contributed by atoms with Crippen molar-refractivity contribution >= 4 is 5.78 Å². The van der Waals surface area contributed by atoms with Gasteiger partial charge in [0.05, 0.1) is 11.7 Å². The van der Waals surface area contributed by atoms with Crippen LogP contribution in [0.5, 0.6) is 0 Å². The Hall–Kier alpha value is -1.36. The van der Waals surface area contributed by atoms with Crippen LogP contribution in [-0.2, 0) is 4.74 Å². The molecule has 1 fully saturated rings. The summed E-state index contributed by atoms with van der Waals surface area (Å²) in [7, 11) is 0. The third-order valence-corrected chi connectivity index (χ3v) is 3.25. The topological polar surface area (TPSA) is 26.3 Å². The molecule has 0 aliphatic carbocycles. The summed E-state index contributed by atoms with van der Waals surface area (Å²) in [6.07, 6.45) is 3.33. The number of ketones is 1. The molecule has 0 aromatic heterocycles. The lowest BCUT2D eigenvalue weighted by Gasteiger charge is -2.22. The van der Waals surface area contributed by atoms with E-state index in [4.69, 9.17) is 4.74 Å². The van der Waals surface area contributed by atoms with E-state index in [0.29, 0.717) is 25.2 Å². The van der Waals surface area contributed by atoms with Crippen molar-refractivity contribution in [1.82, 2.24) is 0 Å². The van der Waals surface area contributed by atoms with E-state index in [2.05, 4.69) is 0 Å². The van der Waals surface area contributed by atoms with Crippen LogP contribution < -0.4 is 0 Å². The van der Waals surface area contributed by atoms with Gasteiger partial charge in [-0.3, -0.25) is 4.79 Å². The SMILES string of the molecule is O=C(CCC1CCCCO1)c1c(F)cc(F)cc1F. The van der Waals surface area contributed by atoms with Crippen LogP contribution in [0.2, 0.25) is 0 Å². The van der Waals surface area contributed by atoms with E-state index in [0.717, 1.165) is 19.3 Å². The average molecular weight is 272 g/mol. The number of carbonyl (C=O) groups is 1. The lowest BCUT2D eigenvalue weighted by atomic mass is 9.99. The molecular weight excluding hydrogens is 257 g/mol. The number of benzene rings is 1. The fourth-order valence-electron chi connectivity index (χ4n) is 2.26. The van der Waals surface area contributed by atoms with Gasteiger partial charge in [-0.15, -0.1) is 0 Å². The summed E-state index contributed by atoms with van der Waals surface area (Å²) in [5, 5.41) is 0. The van der Waals surface area contributed by atoms with Crippen LogP contribution in [0, 0.1) is 17.5 Å². The van der Waals surface area contributed by atoms with Crippen molar-refractivity contribution in [1.29, 1.82) is 0 Å². The zero-order chi connectivity index (χ0) is 13.8. The van der Waals surface area contributed by atoms with Crippen molar-refractivity contribution < 1.29 is 22.7 Å². The summed E-state index contributed by atoms with van der Waals surface area (Å²) in [6, 6.07) is 1.04. The third kappa shape index (κ3) is 3.56. The van der Waals surface area contributed by atoms with E-state index in [1.807, 2.05) is 0 Å². The largest absolute Gasteiger partial charge is 0.378 e. The van der Waals surface area contributed by atoms with E-state index < -0.39 is 28.8 Å². The lowest BCUT2D eigenvalue weighted by molar-refractivity contribution is 0.0104. The summed E-state index contributed by atoms with van der Waals surface area (Å²) < 4.78 is 45.0. The minimum Gasteiger partial charge on any atom is -0.378 e. The zero-order valence-electron chi connectivity index (χ0n) is 10.4. The zero-order valence-corrected chi connectivity index (χ0v) is 10.4. The molecule has 0 N–H and O–H groups in total. The minimum atomic E-state index is -1.15. The highest BCUT2D eigenvalue weighted by atomic mass is 19.1. The molecule has 2 rings (SSSR count). The summed E-state index contributed by atoms with van der Waals surface area (Å²) in [5.74, 6) is -3.97. The van der Waals surface area contributed by atoms with E-state index >= 15 is 0 Å². The molecule has 1 saturated heterocycles. The van der Waals surface area contributed by atoms with Gasteiger partial charge in [0.1, 0.15) is 17.5 Å². The quantitative estimate of drug-likeness (QED) is 0.782. The second kappa shape index (κ2) is 6.19. The number of ether oxygens (including phenoxy) is 1. The summed E-state index contributed by atoms with van der Waals surface area (Å²) in [4.78, 5) is 11.8. The number of rotatable bonds is 4. The van der Waals surface area contributed by atoms with Gasteiger partial charge in [-0.25, -0.2) is 13.2 Å². The van der Waals surface area contributed by atoms with Crippen molar-refractivity contribution in [2.75, 3.05) is 6.61 Å². The molecule has 19 heavy (non-hydrogen) atoms. The number of halogens is 3. The molecule has 1 aromatic rings. The summed E-state index contributed by atoms with van der Waals surface area (Å²) in [5.41, 5.74) is -0.655. The number of hydrogen-bond donors (Lipinski definition) is 0. The molecule has 1 atom stereocenters. The highest BCUT2D eigenvalue weighted by Crippen LogP contribution is 2.21. The molecule has 5 heteroatoms. The Morgan fingerprint density at radius 3 is 2.47 bits per heavy atom. The average Bonchev–Trinajstić information content (AvgIpc) is 2.36. The van der Waals surface area contributed by atoms with Gasteiger partial charge in [0.2, 0.25) is 0 Å². The molecule has 104 valence electrons. The maximum absolute atomic E-state index is 13.4. The van der Waals surface area contributed by atoms with Crippen molar-refractivity contribution in [3.8, 4) is 0 Å². The molecule has 1 aliphatic heterocycles. The Balaban J connectivity index is 1.99. The van der Waals surface area contributed by atoms with E-state index in [9.17, 15) is 18.0 Å². The normalized spacial score (nSPS) is 19.4. The Morgan fingerprint density at radius 2 is 1.89 bits per heavy atom. The number of Topliss-reactive ketones (excluding diaryl/α,β-unsaturated/α-hetero) is 1. The Labute approximate surface area is 109 Å². The van der Waals surface area contributed by atoms with Gasteiger partial charge in [-0.1, -0.05) is 0 Å². The molecule has 1 aliphatic rings. The van der Waals surface area contributed by atoms with Crippen molar-refractivity contribution in [2.24, 2.45) is 0 Å². The van der Waals surface area contributed by atoms with Crippen LogP contribution in [0.3, 0.4) is 0 Å². The van der Waals surface area contributed by atoms with Crippen molar-refractivity contribution in [3.63, 3.8) is 0 Å². The fraction of sp³-hybridized carbons (Fsp3) is 0.500. The molecule has 0 amide bonds. The molecule has 1 heterocycles. The first-order valence-electron chi connectivity index (χ1n) is 6.37. The number of hydrogen-bond acceptors (Lipinski definition) is 2. The van der Waals surface area contributed by atoms with Crippen LogP contribution in [0.1, 0.15) is 42.5 Å². The molecule has 2 nitrogen and oxygen atoms in total. The molecule has 1 aromatic carbocycles. The van der Waals surface area contributed by atoms with Crippen LogP contribution in [0.15, 0.2) is 12.1 Å². The fourth-order valence-corrected chi connectivity index (χ4v) is 2.26. The van der Waals surface area contributed by atoms with Gasteiger partial charge < -0.3 is 4.74 Å². The Bertz CT molecular complexity index is 445. The maximum atomic E-state index is 13.4. The van der Waals surface area contributed by atoms with Gasteiger partial charge in [-0.05, 0) is 25.7 Å². The van der Waals surface area contributed by atoms with Crippen molar-refractivity contribution in [2.45, 2.75) is 38.2 Å².